The number of ketones is 1. The van der Waals surface area contributed by atoms with E-state index in [9.17, 15) is 22.8 Å². The summed E-state index contributed by atoms with van der Waals surface area (Å²) in [6, 6.07) is 10.0. The number of fused-ring (bicyclic) bond motifs is 1. The average Bonchev–Trinajstić information content (AvgIpc) is 2.63. The molecule has 0 bridgehead atoms. The first-order valence-electron chi connectivity index (χ1n) is 7.40. The zero-order valence-corrected chi connectivity index (χ0v) is 13.1. The molecule has 2 heterocycles. The lowest BCUT2D eigenvalue weighted by atomic mass is 10.1. The summed E-state index contributed by atoms with van der Waals surface area (Å²) in [4.78, 5) is 28.1. The number of carbonyl (C=O) groups excluding carboxylic acids is 1. The minimum atomic E-state index is -4.54. The Balaban J connectivity index is 1.99. The molecule has 0 aliphatic carbocycles. The molecule has 8 heteroatoms. The summed E-state index contributed by atoms with van der Waals surface area (Å²) in [5.41, 5.74) is -1.22. The SMILES string of the molecule is N#Cc1cn(CC(=O)c2ccc(C(F)(F)F)cn2)c2ccccc2c1=O. The van der Waals surface area contributed by atoms with E-state index < -0.39 is 23.0 Å². The highest BCUT2D eigenvalue weighted by Gasteiger charge is 2.30. The standard InChI is InChI=1S/C18H10F3N3O2/c19-18(20,21)12-5-6-14(23-8-12)16(25)10-24-9-11(7-22)17(26)13-3-1-2-4-15(13)24/h1-6,8-9H,10H2. The Labute approximate surface area is 144 Å². The van der Waals surface area contributed by atoms with Gasteiger partial charge in [0, 0.05) is 17.8 Å². The van der Waals surface area contributed by atoms with Gasteiger partial charge in [0.1, 0.15) is 17.3 Å². The van der Waals surface area contributed by atoms with E-state index in [1.54, 1.807) is 24.3 Å². The molecule has 3 rings (SSSR count). The molecule has 1 aromatic carbocycles. The maximum Gasteiger partial charge on any atom is 0.417 e. The summed E-state index contributed by atoms with van der Waals surface area (Å²) in [6.07, 6.45) is -2.69. The predicted molar refractivity (Wildman–Crippen MR) is 86.5 cm³/mol. The molecule has 0 fully saturated rings. The summed E-state index contributed by atoms with van der Waals surface area (Å²) >= 11 is 0. The minimum absolute atomic E-state index is 0.128. The van der Waals surface area contributed by atoms with Crippen LogP contribution in [0.5, 0.6) is 0 Å². The fourth-order valence-corrected chi connectivity index (χ4v) is 2.52. The van der Waals surface area contributed by atoms with Crippen LogP contribution in [0.2, 0.25) is 0 Å². The van der Waals surface area contributed by atoms with Crippen molar-refractivity contribution in [1.82, 2.24) is 9.55 Å². The molecule has 0 amide bonds. The number of nitriles is 1. The highest BCUT2D eigenvalue weighted by atomic mass is 19.4. The number of hydrogen-bond acceptors (Lipinski definition) is 4. The third-order valence-electron chi connectivity index (χ3n) is 3.80. The molecule has 0 saturated heterocycles. The summed E-state index contributed by atoms with van der Waals surface area (Å²) in [6.45, 7) is -0.270. The van der Waals surface area contributed by atoms with Crippen molar-refractivity contribution in [3.8, 4) is 6.07 Å². The van der Waals surface area contributed by atoms with Gasteiger partial charge in [-0.25, -0.2) is 0 Å². The Morgan fingerprint density at radius 3 is 2.54 bits per heavy atom. The van der Waals surface area contributed by atoms with Crippen LogP contribution >= 0.6 is 0 Å². The molecule has 0 N–H and O–H groups in total. The third kappa shape index (κ3) is 3.19. The van der Waals surface area contributed by atoms with Gasteiger partial charge in [0.25, 0.3) is 0 Å². The molecule has 0 atom stereocenters. The van der Waals surface area contributed by atoms with Crippen LogP contribution < -0.4 is 5.43 Å². The van der Waals surface area contributed by atoms with Crippen LogP contribution in [-0.4, -0.2) is 15.3 Å². The predicted octanol–water partition coefficient (Wildman–Crippen LogP) is 3.17. The molecule has 0 radical (unpaired) electrons. The van der Waals surface area contributed by atoms with Crippen LogP contribution in [0.3, 0.4) is 0 Å². The Kier molecular flexibility index (Phi) is 4.30. The largest absolute Gasteiger partial charge is 0.417 e. The summed E-state index contributed by atoms with van der Waals surface area (Å²) in [5.74, 6) is -0.545. The van der Waals surface area contributed by atoms with Gasteiger partial charge in [-0.1, -0.05) is 12.1 Å². The second-order valence-corrected chi connectivity index (χ2v) is 5.48. The van der Waals surface area contributed by atoms with E-state index in [0.29, 0.717) is 11.7 Å². The second kappa shape index (κ2) is 6.44. The number of Topliss-reactive ketones (excluding diaryl/α,β-unsaturated/α-hetero) is 1. The van der Waals surface area contributed by atoms with Gasteiger partial charge >= 0.3 is 6.18 Å². The van der Waals surface area contributed by atoms with Crippen molar-refractivity contribution in [2.24, 2.45) is 0 Å². The van der Waals surface area contributed by atoms with Gasteiger partial charge in [0.2, 0.25) is 11.2 Å². The van der Waals surface area contributed by atoms with E-state index in [1.165, 1.54) is 16.8 Å². The van der Waals surface area contributed by atoms with Gasteiger partial charge in [0.15, 0.2) is 0 Å². The molecular formula is C18H10F3N3O2. The number of carbonyl (C=O) groups is 1. The van der Waals surface area contributed by atoms with E-state index in [-0.39, 0.29) is 23.2 Å². The molecule has 3 aromatic rings. The highest BCUT2D eigenvalue weighted by Crippen LogP contribution is 2.28. The topological polar surface area (TPSA) is 75.8 Å². The average molecular weight is 357 g/mol. The lowest BCUT2D eigenvalue weighted by molar-refractivity contribution is -0.137. The maximum atomic E-state index is 12.6. The molecule has 0 spiro atoms. The second-order valence-electron chi connectivity index (χ2n) is 5.48. The lowest BCUT2D eigenvalue weighted by Gasteiger charge is -2.11. The third-order valence-corrected chi connectivity index (χ3v) is 3.80. The number of para-hydroxylation sites is 1. The zero-order valence-electron chi connectivity index (χ0n) is 13.1. The van der Waals surface area contributed by atoms with E-state index >= 15 is 0 Å². The van der Waals surface area contributed by atoms with Crippen molar-refractivity contribution < 1.29 is 18.0 Å². The number of benzene rings is 1. The maximum absolute atomic E-state index is 12.6. The number of pyridine rings is 2. The first kappa shape index (κ1) is 17.4. The van der Waals surface area contributed by atoms with Crippen molar-refractivity contribution in [2.75, 3.05) is 0 Å². The number of alkyl halides is 3. The van der Waals surface area contributed by atoms with Crippen LogP contribution in [0.1, 0.15) is 21.6 Å². The Morgan fingerprint density at radius 2 is 1.92 bits per heavy atom. The molecule has 130 valence electrons. The molecule has 0 aliphatic heterocycles. The number of hydrogen-bond donors (Lipinski definition) is 0. The van der Waals surface area contributed by atoms with E-state index in [4.69, 9.17) is 5.26 Å². The number of rotatable bonds is 3. The van der Waals surface area contributed by atoms with Crippen LogP contribution in [0.25, 0.3) is 10.9 Å². The van der Waals surface area contributed by atoms with Crippen LogP contribution in [-0.2, 0) is 12.7 Å². The van der Waals surface area contributed by atoms with Gasteiger partial charge < -0.3 is 4.57 Å². The van der Waals surface area contributed by atoms with Gasteiger partial charge in [-0.05, 0) is 24.3 Å². The molecule has 0 saturated carbocycles. The van der Waals surface area contributed by atoms with Crippen LogP contribution in [0.4, 0.5) is 13.2 Å². The molecule has 0 aliphatic rings. The minimum Gasteiger partial charge on any atom is -0.338 e. The molecular weight excluding hydrogens is 347 g/mol. The Hall–Kier alpha value is -3.47. The van der Waals surface area contributed by atoms with Crippen molar-refractivity contribution >= 4 is 16.7 Å². The van der Waals surface area contributed by atoms with Crippen molar-refractivity contribution in [3.63, 3.8) is 0 Å². The Bertz CT molecular complexity index is 1090. The zero-order chi connectivity index (χ0) is 18.9. The monoisotopic (exact) mass is 357 g/mol. The number of nitrogens with zero attached hydrogens (tertiary/aromatic N) is 3. The summed E-state index contributed by atoms with van der Waals surface area (Å²) in [5, 5.41) is 9.37. The lowest BCUT2D eigenvalue weighted by Crippen LogP contribution is -2.18. The fourth-order valence-electron chi connectivity index (χ4n) is 2.52. The quantitative estimate of drug-likeness (QED) is 0.675. The van der Waals surface area contributed by atoms with Gasteiger partial charge in [0.05, 0.1) is 17.6 Å². The van der Waals surface area contributed by atoms with Crippen molar-refractivity contribution in [1.29, 1.82) is 5.26 Å². The van der Waals surface area contributed by atoms with Crippen LogP contribution in [0, 0.1) is 11.3 Å². The fraction of sp³-hybridized carbons (Fsp3) is 0.111. The summed E-state index contributed by atoms with van der Waals surface area (Å²) < 4.78 is 39.1. The first-order valence-corrected chi connectivity index (χ1v) is 7.40. The molecule has 2 aromatic heterocycles. The van der Waals surface area contributed by atoms with E-state index in [1.807, 2.05) is 0 Å². The van der Waals surface area contributed by atoms with Crippen molar-refractivity contribution in [2.45, 2.75) is 12.7 Å². The highest BCUT2D eigenvalue weighted by molar-refractivity contribution is 5.95. The Morgan fingerprint density at radius 1 is 1.19 bits per heavy atom. The van der Waals surface area contributed by atoms with Gasteiger partial charge in [-0.15, -0.1) is 0 Å². The smallest absolute Gasteiger partial charge is 0.338 e. The van der Waals surface area contributed by atoms with Gasteiger partial charge in [-0.2, -0.15) is 18.4 Å². The number of aromatic nitrogens is 2. The van der Waals surface area contributed by atoms with Crippen LogP contribution in [0.15, 0.2) is 53.6 Å². The summed E-state index contributed by atoms with van der Waals surface area (Å²) in [7, 11) is 0. The number of halogens is 3. The van der Waals surface area contributed by atoms with Crippen molar-refractivity contribution in [3.05, 3.63) is 75.8 Å². The first-order chi connectivity index (χ1) is 12.3. The van der Waals surface area contributed by atoms with Gasteiger partial charge in [-0.3, -0.25) is 14.6 Å². The molecule has 5 nitrogen and oxygen atoms in total. The molecule has 0 unspecified atom stereocenters. The normalized spacial score (nSPS) is 11.3. The van der Waals surface area contributed by atoms with E-state index in [0.717, 1.165) is 12.1 Å². The van der Waals surface area contributed by atoms with E-state index in [2.05, 4.69) is 4.98 Å². The molecule has 26 heavy (non-hydrogen) atoms.